The summed E-state index contributed by atoms with van der Waals surface area (Å²) >= 11 is 0. The van der Waals surface area contributed by atoms with Crippen LogP contribution in [0.15, 0.2) is 30.3 Å². The molecule has 2 rings (SSSR count). The molecule has 1 aliphatic heterocycles. The molecule has 1 aliphatic rings. The van der Waals surface area contributed by atoms with Gasteiger partial charge in [-0.3, -0.25) is 4.79 Å². The average molecular weight is 273 g/mol. The molecule has 1 amide bonds. The number of likely N-dealkylation sites (tertiary alicyclic amines) is 1. The molecule has 1 heterocycles. The van der Waals surface area contributed by atoms with Crippen LogP contribution in [-0.2, 0) is 4.79 Å². The number of nitrogens with zero attached hydrogens (tertiary/aromatic N) is 2. The second-order valence-electron chi connectivity index (χ2n) is 5.15. The molecule has 20 heavy (non-hydrogen) atoms. The molecule has 1 fully saturated rings. The van der Waals surface area contributed by atoms with E-state index in [1.165, 1.54) is 0 Å². The molecule has 1 aromatic carbocycles. The van der Waals surface area contributed by atoms with E-state index >= 15 is 0 Å². The lowest BCUT2D eigenvalue weighted by molar-refractivity contribution is -0.124. The maximum atomic E-state index is 11.9. The highest BCUT2D eigenvalue weighted by Gasteiger charge is 2.35. The highest BCUT2D eigenvalue weighted by molar-refractivity contribution is 5.78. The Labute approximate surface area is 119 Å². The van der Waals surface area contributed by atoms with Crippen molar-refractivity contribution in [3.63, 3.8) is 0 Å². The number of ether oxygens (including phenoxy) is 1. The van der Waals surface area contributed by atoms with Crippen LogP contribution >= 0.6 is 0 Å². The SMILES string of the molecule is CN1CCC(C#N)(NC(=O)COc2ccccc2)CC1. The molecule has 0 bridgehead atoms. The first-order chi connectivity index (χ1) is 9.63. The summed E-state index contributed by atoms with van der Waals surface area (Å²) in [4.78, 5) is 14.1. The second-order valence-corrected chi connectivity index (χ2v) is 5.15. The van der Waals surface area contributed by atoms with Gasteiger partial charge in [0.25, 0.3) is 5.91 Å². The molecule has 0 spiro atoms. The highest BCUT2D eigenvalue weighted by atomic mass is 16.5. The third kappa shape index (κ3) is 3.72. The Balaban J connectivity index is 1.85. The van der Waals surface area contributed by atoms with Gasteiger partial charge < -0.3 is 15.0 Å². The van der Waals surface area contributed by atoms with Gasteiger partial charge in [0.05, 0.1) is 6.07 Å². The van der Waals surface area contributed by atoms with E-state index in [4.69, 9.17) is 4.74 Å². The van der Waals surface area contributed by atoms with E-state index in [-0.39, 0.29) is 12.5 Å². The summed E-state index contributed by atoms with van der Waals surface area (Å²) < 4.78 is 5.39. The first kappa shape index (κ1) is 14.4. The van der Waals surface area contributed by atoms with E-state index in [2.05, 4.69) is 16.3 Å². The van der Waals surface area contributed by atoms with Gasteiger partial charge >= 0.3 is 0 Å². The van der Waals surface area contributed by atoms with E-state index in [0.29, 0.717) is 18.6 Å². The fourth-order valence-electron chi connectivity index (χ4n) is 2.23. The monoisotopic (exact) mass is 273 g/mol. The summed E-state index contributed by atoms with van der Waals surface area (Å²) in [5.41, 5.74) is -0.746. The number of hydrogen-bond donors (Lipinski definition) is 1. The van der Waals surface area contributed by atoms with Crippen molar-refractivity contribution in [3.05, 3.63) is 30.3 Å². The van der Waals surface area contributed by atoms with Crippen molar-refractivity contribution >= 4 is 5.91 Å². The summed E-state index contributed by atoms with van der Waals surface area (Å²) in [6.45, 7) is 1.56. The molecular weight excluding hydrogens is 254 g/mol. The molecular formula is C15H19N3O2. The van der Waals surface area contributed by atoms with Gasteiger partial charge in [0.2, 0.25) is 0 Å². The third-order valence-electron chi connectivity index (χ3n) is 3.55. The minimum absolute atomic E-state index is 0.0662. The van der Waals surface area contributed by atoms with Crippen molar-refractivity contribution in [2.45, 2.75) is 18.4 Å². The van der Waals surface area contributed by atoms with E-state index in [9.17, 15) is 10.1 Å². The molecule has 1 aromatic rings. The van der Waals surface area contributed by atoms with Crippen molar-refractivity contribution in [1.29, 1.82) is 5.26 Å². The predicted molar refractivity (Wildman–Crippen MR) is 75.2 cm³/mol. The maximum Gasteiger partial charge on any atom is 0.259 e. The number of rotatable bonds is 4. The summed E-state index contributed by atoms with van der Waals surface area (Å²) in [7, 11) is 2.02. The Hall–Kier alpha value is -2.06. The van der Waals surface area contributed by atoms with Crippen LogP contribution in [0.25, 0.3) is 0 Å². The highest BCUT2D eigenvalue weighted by Crippen LogP contribution is 2.20. The molecule has 5 nitrogen and oxygen atoms in total. The van der Waals surface area contributed by atoms with Crippen molar-refractivity contribution in [2.24, 2.45) is 0 Å². The lowest BCUT2D eigenvalue weighted by atomic mass is 9.89. The average Bonchev–Trinajstić information content (AvgIpc) is 2.49. The van der Waals surface area contributed by atoms with E-state index in [1.807, 2.05) is 25.2 Å². The molecule has 0 radical (unpaired) electrons. The van der Waals surface area contributed by atoms with Crippen LogP contribution in [0.2, 0.25) is 0 Å². The first-order valence-corrected chi connectivity index (χ1v) is 6.72. The zero-order valence-corrected chi connectivity index (χ0v) is 11.6. The topological polar surface area (TPSA) is 65.4 Å². The molecule has 1 saturated heterocycles. The predicted octanol–water partition coefficient (Wildman–Crippen LogP) is 1.17. The van der Waals surface area contributed by atoms with Gasteiger partial charge in [-0.2, -0.15) is 5.26 Å². The van der Waals surface area contributed by atoms with E-state index < -0.39 is 5.54 Å². The van der Waals surface area contributed by atoms with Gasteiger partial charge in [-0.15, -0.1) is 0 Å². The van der Waals surface area contributed by atoms with E-state index in [1.54, 1.807) is 12.1 Å². The number of carbonyl (C=O) groups is 1. The van der Waals surface area contributed by atoms with Crippen molar-refractivity contribution in [1.82, 2.24) is 10.2 Å². The number of carbonyl (C=O) groups excluding carboxylic acids is 1. The number of piperidine rings is 1. The van der Waals surface area contributed by atoms with Crippen molar-refractivity contribution < 1.29 is 9.53 Å². The Bertz CT molecular complexity index is 488. The maximum absolute atomic E-state index is 11.9. The van der Waals surface area contributed by atoms with Crippen LogP contribution in [0, 0.1) is 11.3 Å². The smallest absolute Gasteiger partial charge is 0.259 e. The number of hydrogen-bond acceptors (Lipinski definition) is 4. The quantitative estimate of drug-likeness (QED) is 0.894. The van der Waals surface area contributed by atoms with Crippen LogP contribution in [0.1, 0.15) is 12.8 Å². The minimum atomic E-state index is -0.746. The number of nitrogens with one attached hydrogen (secondary N) is 1. The molecule has 0 unspecified atom stereocenters. The molecule has 1 N–H and O–H groups in total. The van der Waals surface area contributed by atoms with Gasteiger partial charge in [-0.1, -0.05) is 18.2 Å². The molecule has 5 heteroatoms. The van der Waals surface area contributed by atoms with Gasteiger partial charge in [0, 0.05) is 13.1 Å². The zero-order chi connectivity index (χ0) is 14.4. The Morgan fingerprint density at radius 3 is 2.65 bits per heavy atom. The largest absolute Gasteiger partial charge is 0.484 e. The van der Waals surface area contributed by atoms with Gasteiger partial charge in [0.15, 0.2) is 6.61 Å². The van der Waals surface area contributed by atoms with Gasteiger partial charge in [-0.05, 0) is 32.0 Å². The van der Waals surface area contributed by atoms with Crippen LogP contribution in [0.4, 0.5) is 0 Å². The molecule has 106 valence electrons. The first-order valence-electron chi connectivity index (χ1n) is 6.72. The Morgan fingerprint density at radius 2 is 2.05 bits per heavy atom. The van der Waals surface area contributed by atoms with Crippen molar-refractivity contribution in [2.75, 3.05) is 26.7 Å². The summed E-state index contributed by atoms with van der Waals surface area (Å²) in [6.07, 6.45) is 1.30. The van der Waals surface area contributed by atoms with Crippen molar-refractivity contribution in [3.8, 4) is 11.8 Å². The van der Waals surface area contributed by atoms with Crippen LogP contribution < -0.4 is 10.1 Å². The molecule has 0 aliphatic carbocycles. The van der Waals surface area contributed by atoms with Crippen LogP contribution in [0.3, 0.4) is 0 Å². The van der Waals surface area contributed by atoms with E-state index in [0.717, 1.165) is 13.1 Å². The zero-order valence-electron chi connectivity index (χ0n) is 11.6. The Kier molecular flexibility index (Phi) is 4.59. The second kappa shape index (κ2) is 6.40. The minimum Gasteiger partial charge on any atom is -0.484 e. The van der Waals surface area contributed by atoms with Gasteiger partial charge in [-0.25, -0.2) is 0 Å². The molecule has 0 aromatic heterocycles. The van der Waals surface area contributed by atoms with Crippen LogP contribution in [0.5, 0.6) is 5.75 Å². The normalized spacial score (nSPS) is 18.0. The Morgan fingerprint density at radius 1 is 1.40 bits per heavy atom. The fourth-order valence-corrected chi connectivity index (χ4v) is 2.23. The van der Waals surface area contributed by atoms with Crippen LogP contribution in [-0.4, -0.2) is 43.1 Å². The standard InChI is InChI=1S/C15H19N3O2/c1-18-9-7-15(12-16,8-10-18)17-14(19)11-20-13-5-3-2-4-6-13/h2-6H,7-11H2,1H3,(H,17,19). The summed E-state index contributed by atoms with van der Waals surface area (Å²) in [5, 5.41) is 12.2. The lowest BCUT2D eigenvalue weighted by Crippen LogP contribution is -2.54. The lowest BCUT2D eigenvalue weighted by Gasteiger charge is -2.35. The summed E-state index contributed by atoms with van der Waals surface area (Å²) in [6, 6.07) is 11.4. The summed E-state index contributed by atoms with van der Waals surface area (Å²) in [5.74, 6) is 0.400. The molecule has 0 atom stereocenters. The number of nitriles is 1. The molecule has 0 saturated carbocycles. The number of amides is 1. The fraction of sp³-hybridized carbons (Fsp3) is 0.467. The van der Waals surface area contributed by atoms with Gasteiger partial charge in [0.1, 0.15) is 11.3 Å². The number of benzene rings is 1. The third-order valence-corrected chi connectivity index (χ3v) is 3.55. The number of para-hydroxylation sites is 1.